The SMILES string of the molecule is CC[C@H]1OC(n2c(=O)[nH]c(=O)c3sccc32)CC1O. The van der Waals surface area contributed by atoms with Gasteiger partial charge in [0.2, 0.25) is 0 Å². The zero-order chi connectivity index (χ0) is 13.6. The summed E-state index contributed by atoms with van der Waals surface area (Å²) >= 11 is 1.28. The Morgan fingerprint density at radius 1 is 1.58 bits per heavy atom. The Hall–Kier alpha value is -1.44. The zero-order valence-corrected chi connectivity index (χ0v) is 11.1. The first kappa shape index (κ1) is 12.6. The number of nitrogens with one attached hydrogen (secondary N) is 1. The predicted molar refractivity (Wildman–Crippen MR) is 71.5 cm³/mol. The summed E-state index contributed by atoms with van der Waals surface area (Å²) in [6.45, 7) is 1.92. The van der Waals surface area contributed by atoms with Gasteiger partial charge in [-0.1, -0.05) is 6.92 Å². The van der Waals surface area contributed by atoms with Crippen molar-refractivity contribution in [2.75, 3.05) is 0 Å². The summed E-state index contributed by atoms with van der Waals surface area (Å²) in [6, 6.07) is 1.73. The Bertz CT molecular complexity index is 716. The lowest BCUT2D eigenvalue weighted by Gasteiger charge is -2.15. The average Bonchev–Trinajstić information content (AvgIpc) is 2.96. The molecule has 19 heavy (non-hydrogen) atoms. The van der Waals surface area contributed by atoms with E-state index in [1.54, 1.807) is 11.4 Å². The fourth-order valence-electron chi connectivity index (χ4n) is 2.51. The molecule has 0 aliphatic carbocycles. The molecule has 102 valence electrons. The number of aromatic nitrogens is 2. The minimum atomic E-state index is -0.581. The van der Waals surface area contributed by atoms with Crippen molar-refractivity contribution in [3.8, 4) is 0 Å². The Labute approximate surface area is 112 Å². The summed E-state index contributed by atoms with van der Waals surface area (Å²) in [5, 5.41) is 11.6. The molecule has 0 spiro atoms. The van der Waals surface area contributed by atoms with E-state index in [0.29, 0.717) is 23.1 Å². The third-order valence-corrected chi connectivity index (χ3v) is 4.35. The highest BCUT2D eigenvalue weighted by molar-refractivity contribution is 7.17. The second-order valence-corrected chi connectivity index (χ2v) is 5.52. The first-order chi connectivity index (χ1) is 9.11. The first-order valence-electron chi connectivity index (χ1n) is 6.17. The minimum absolute atomic E-state index is 0.266. The molecule has 1 aliphatic heterocycles. The van der Waals surface area contributed by atoms with Crippen LogP contribution < -0.4 is 11.2 Å². The number of aliphatic hydroxyl groups is 1. The van der Waals surface area contributed by atoms with E-state index < -0.39 is 18.0 Å². The molecule has 2 N–H and O–H groups in total. The van der Waals surface area contributed by atoms with Crippen molar-refractivity contribution >= 4 is 21.6 Å². The van der Waals surface area contributed by atoms with Crippen molar-refractivity contribution in [3.63, 3.8) is 0 Å². The molecule has 2 aromatic heterocycles. The van der Waals surface area contributed by atoms with E-state index >= 15 is 0 Å². The molecule has 1 aliphatic rings. The first-order valence-corrected chi connectivity index (χ1v) is 7.05. The van der Waals surface area contributed by atoms with Crippen molar-refractivity contribution in [2.45, 2.75) is 38.2 Å². The summed E-state index contributed by atoms with van der Waals surface area (Å²) in [5.74, 6) is 0. The van der Waals surface area contributed by atoms with Gasteiger partial charge in [-0.15, -0.1) is 11.3 Å². The standard InChI is InChI=1S/C12H14N2O4S/c1-2-8-7(15)5-9(18-8)14-6-3-4-19-10(6)11(16)13-12(14)17/h3-4,7-9,15H,2,5H2,1H3,(H,13,16,17)/t7?,8-,9?/m1/s1. The lowest BCUT2D eigenvalue weighted by atomic mass is 10.1. The third kappa shape index (κ3) is 1.94. The number of fused-ring (bicyclic) bond motifs is 1. The lowest BCUT2D eigenvalue weighted by molar-refractivity contribution is -0.0197. The van der Waals surface area contributed by atoms with Crippen LogP contribution in [-0.4, -0.2) is 26.9 Å². The monoisotopic (exact) mass is 282 g/mol. The molecule has 7 heteroatoms. The quantitative estimate of drug-likeness (QED) is 0.853. The van der Waals surface area contributed by atoms with E-state index in [9.17, 15) is 14.7 Å². The number of rotatable bonds is 2. The van der Waals surface area contributed by atoms with Gasteiger partial charge in [0.25, 0.3) is 5.56 Å². The highest BCUT2D eigenvalue weighted by Crippen LogP contribution is 2.31. The number of ether oxygens (including phenoxy) is 1. The number of aromatic amines is 1. The zero-order valence-electron chi connectivity index (χ0n) is 10.3. The molecule has 3 heterocycles. The molecule has 2 aromatic rings. The van der Waals surface area contributed by atoms with Crippen molar-refractivity contribution in [1.29, 1.82) is 0 Å². The van der Waals surface area contributed by atoms with Crippen LogP contribution in [0.2, 0.25) is 0 Å². The van der Waals surface area contributed by atoms with Gasteiger partial charge in [-0.05, 0) is 17.9 Å². The number of H-pyrrole nitrogens is 1. The molecule has 0 saturated carbocycles. The van der Waals surface area contributed by atoms with Gasteiger partial charge in [-0.25, -0.2) is 4.79 Å². The summed E-state index contributed by atoms with van der Waals surface area (Å²) in [7, 11) is 0. The molecule has 2 unspecified atom stereocenters. The number of thiophene rings is 1. The van der Waals surface area contributed by atoms with Gasteiger partial charge in [0.15, 0.2) is 0 Å². The molecular weight excluding hydrogens is 268 g/mol. The largest absolute Gasteiger partial charge is 0.390 e. The molecule has 0 radical (unpaired) electrons. The van der Waals surface area contributed by atoms with Crippen LogP contribution in [0.4, 0.5) is 0 Å². The van der Waals surface area contributed by atoms with E-state index in [2.05, 4.69) is 4.98 Å². The Kier molecular flexibility index (Phi) is 3.04. The molecule has 3 rings (SSSR count). The maximum atomic E-state index is 12.0. The topological polar surface area (TPSA) is 84.3 Å². The Morgan fingerprint density at radius 2 is 2.37 bits per heavy atom. The maximum Gasteiger partial charge on any atom is 0.331 e. The molecule has 6 nitrogen and oxygen atoms in total. The van der Waals surface area contributed by atoms with Crippen LogP contribution in [0, 0.1) is 0 Å². The second-order valence-electron chi connectivity index (χ2n) is 4.60. The fourth-order valence-corrected chi connectivity index (χ4v) is 3.29. The van der Waals surface area contributed by atoms with E-state index in [4.69, 9.17) is 4.74 Å². The Balaban J connectivity index is 2.14. The van der Waals surface area contributed by atoms with E-state index in [0.717, 1.165) is 0 Å². The van der Waals surface area contributed by atoms with Crippen LogP contribution in [0.3, 0.4) is 0 Å². The average molecular weight is 282 g/mol. The highest BCUT2D eigenvalue weighted by atomic mass is 32.1. The summed E-state index contributed by atoms with van der Waals surface area (Å²) in [5.41, 5.74) is -0.311. The van der Waals surface area contributed by atoms with Gasteiger partial charge in [0.05, 0.1) is 17.7 Å². The molecule has 3 atom stereocenters. The minimum Gasteiger partial charge on any atom is -0.390 e. The van der Waals surface area contributed by atoms with Crippen LogP contribution in [-0.2, 0) is 4.74 Å². The van der Waals surface area contributed by atoms with Crippen LogP contribution in [0.25, 0.3) is 10.2 Å². The van der Waals surface area contributed by atoms with Crippen LogP contribution in [0.15, 0.2) is 21.0 Å². The Morgan fingerprint density at radius 3 is 3.05 bits per heavy atom. The van der Waals surface area contributed by atoms with Crippen LogP contribution >= 0.6 is 11.3 Å². The van der Waals surface area contributed by atoms with Gasteiger partial charge >= 0.3 is 5.69 Å². The van der Waals surface area contributed by atoms with Crippen LogP contribution in [0.5, 0.6) is 0 Å². The van der Waals surface area contributed by atoms with E-state index in [1.807, 2.05) is 6.92 Å². The van der Waals surface area contributed by atoms with Gasteiger partial charge in [-0.2, -0.15) is 0 Å². The number of hydrogen-bond acceptors (Lipinski definition) is 5. The molecule has 0 amide bonds. The fraction of sp³-hybridized carbons (Fsp3) is 0.500. The lowest BCUT2D eigenvalue weighted by Crippen LogP contribution is -2.32. The molecule has 1 saturated heterocycles. The van der Waals surface area contributed by atoms with Gasteiger partial charge < -0.3 is 9.84 Å². The van der Waals surface area contributed by atoms with Gasteiger partial charge in [-0.3, -0.25) is 14.3 Å². The normalized spacial score (nSPS) is 27.2. The molecule has 0 bridgehead atoms. The van der Waals surface area contributed by atoms with Gasteiger partial charge in [0, 0.05) is 6.42 Å². The van der Waals surface area contributed by atoms with Crippen LogP contribution in [0.1, 0.15) is 26.0 Å². The van der Waals surface area contributed by atoms with Crippen molar-refractivity contribution in [1.82, 2.24) is 9.55 Å². The van der Waals surface area contributed by atoms with Crippen molar-refractivity contribution in [3.05, 3.63) is 32.3 Å². The summed E-state index contributed by atoms with van der Waals surface area (Å²) in [4.78, 5) is 25.9. The summed E-state index contributed by atoms with van der Waals surface area (Å²) < 4.78 is 7.62. The predicted octanol–water partition coefficient (Wildman–Crippen LogP) is 0.810. The highest BCUT2D eigenvalue weighted by Gasteiger charge is 2.35. The number of nitrogens with zero attached hydrogens (tertiary/aromatic N) is 1. The van der Waals surface area contributed by atoms with Gasteiger partial charge in [0.1, 0.15) is 10.9 Å². The summed E-state index contributed by atoms with van der Waals surface area (Å²) in [6.07, 6.45) is -0.334. The molecule has 1 fully saturated rings. The second kappa shape index (κ2) is 4.59. The third-order valence-electron chi connectivity index (χ3n) is 3.44. The smallest absolute Gasteiger partial charge is 0.331 e. The van der Waals surface area contributed by atoms with Crippen molar-refractivity contribution < 1.29 is 9.84 Å². The van der Waals surface area contributed by atoms with E-state index in [1.165, 1.54) is 15.9 Å². The maximum absolute atomic E-state index is 12.0. The molecule has 0 aromatic carbocycles. The van der Waals surface area contributed by atoms with E-state index in [-0.39, 0.29) is 11.7 Å². The van der Waals surface area contributed by atoms with Crippen molar-refractivity contribution in [2.24, 2.45) is 0 Å². The molecular formula is C12H14N2O4S. The number of hydrogen-bond donors (Lipinski definition) is 2. The number of aliphatic hydroxyl groups excluding tert-OH is 1.